The standard InChI is InChI=1S/C13H17ClO/c1-4-13(15)10(3)7-11-5-6-12(14)8-9(11)2/h5-6,8,10H,4,7H2,1-3H3. The molecule has 1 aromatic rings. The summed E-state index contributed by atoms with van der Waals surface area (Å²) in [6.07, 6.45) is 1.43. The minimum absolute atomic E-state index is 0.106. The summed E-state index contributed by atoms with van der Waals surface area (Å²) in [6, 6.07) is 5.84. The third-order valence-electron chi connectivity index (χ3n) is 2.73. The van der Waals surface area contributed by atoms with Crippen molar-refractivity contribution in [3.63, 3.8) is 0 Å². The Hall–Kier alpha value is -0.820. The molecule has 0 amide bonds. The maximum Gasteiger partial charge on any atom is 0.135 e. The summed E-state index contributed by atoms with van der Waals surface area (Å²) in [5, 5.41) is 0.755. The van der Waals surface area contributed by atoms with Crippen LogP contribution in [-0.2, 0) is 11.2 Å². The van der Waals surface area contributed by atoms with Crippen molar-refractivity contribution in [3.05, 3.63) is 34.3 Å². The minimum Gasteiger partial charge on any atom is -0.299 e. The molecule has 0 heterocycles. The van der Waals surface area contributed by atoms with E-state index in [1.807, 2.05) is 39.0 Å². The molecule has 0 aromatic heterocycles. The lowest BCUT2D eigenvalue weighted by Crippen LogP contribution is -2.12. The number of benzene rings is 1. The Kier molecular flexibility index (Phi) is 4.34. The normalized spacial score (nSPS) is 12.5. The quantitative estimate of drug-likeness (QED) is 0.760. The molecule has 2 heteroatoms. The zero-order valence-corrected chi connectivity index (χ0v) is 10.3. The van der Waals surface area contributed by atoms with Gasteiger partial charge in [0.1, 0.15) is 5.78 Å². The zero-order chi connectivity index (χ0) is 11.4. The molecule has 1 aromatic carbocycles. The number of carbonyl (C=O) groups is 1. The second-order valence-electron chi connectivity index (χ2n) is 4.00. The number of hydrogen-bond donors (Lipinski definition) is 0. The molecule has 1 rings (SSSR count). The fourth-order valence-electron chi connectivity index (χ4n) is 1.68. The van der Waals surface area contributed by atoms with E-state index in [0.717, 1.165) is 11.4 Å². The van der Waals surface area contributed by atoms with Gasteiger partial charge >= 0.3 is 0 Å². The average molecular weight is 225 g/mol. The van der Waals surface area contributed by atoms with Crippen molar-refractivity contribution in [2.24, 2.45) is 5.92 Å². The Morgan fingerprint density at radius 2 is 2.13 bits per heavy atom. The van der Waals surface area contributed by atoms with Crippen molar-refractivity contribution in [1.29, 1.82) is 0 Å². The van der Waals surface area contributed by atoms with Crippen LogP contribution < -0.4 is 0 Å². The van der Waals surface area contributed by atoms with Gasteiger partial charge in [0.15, 0.2) is 0 Å². The molecule has 1 unspecified atom stereocenters. The molecular formula is C13H17ClO. The molecule has 0 aliphatic carbocycles. The first-order valence-electron chi connectivity index (χ1n) is 5.32. The number of ketones is 1. The predicted octanol–water partition coefficient (Wildman–Crippen LogP) is 3.81. The highest BCUT2D eigenvalue weighted by molar-refractivity contribution is 6.30. The number of carbonyl (C=O) groups excluding carboxylic acids is 1. The molecule has 0 spiro atoms. The van der Waals surface area contributed by atoms with Crippen LogP contribution >= 0.6 is 11.6 Å². The fourth-order valence-corrected chi connectivity index (χ4v) is 1.91. The van der Waals surface area contributed by atoms with E-state index >= 15 is 0 Å². The highest BCUT2D eigenvalue weighted by Gasteiger charge is 2.12. The second kappa shape index (κ2) is 5.32. The van der Waals surface area contributed by atoms with E-state index in [2.05, 4.69) is 0 Å². The van der Waals surface area contributed by atoms with E-state index in [0.29, 0.717) is 12.2 Å². The van der Waals surface area contributed by atoms with Crippen LogP contribution in [-0.4, -0.2) is 5.78 Å². The van der Waals surface area contributed by atoms with Crippen LogP contribution in [0.3, 0.4) is 0 Å². The number of Topliss-reactive ketones (excluding diaryl/α,β-unsaturated/α-hetero) is 1. The summed E-state index contributed by atoms with van der Waals surface area (Å²) in [6.45, 7) is 5.93. The van der Waals surface area contributed by atoms with Crippen LogP contribution in [0.25, 0.3) is 0 Å². The van der Waals surface area contributed by atoms with Crippen molar-refractivity contribution in [1.82, 2.24) is 0 Å². The molecule has 0 saturated heterocycles. The Morgan fingerprint density at radius 3 is 2.67 bits per heavy atom. The summed E-state index contributed by atoms with van der Waals surface area (Å²) < 4.78 is 0. The smallest absolute Gasteiger partial charge is 0.135 e. The lowest BCUT2D eigenvalue weighted by Gasteiger charge is -2.11. The van der Waals surface area contributed by atoms with E-state index in [9.17, 15) is 4.79 Å². The van der Waals surface area contributed by atoms with E-state index in [4.69, 9.17) is 11.6 Å². The van der Waals surface area contributed by atoms with Crippen molar-refractivity contribution in [2.45, 2.75) is 33.6 Å². The Balaban J connectivity index is 2.76. The molecule has 0 fully saturated rings. The average Bonchev–Trinajstić information content (AvgIpc) is 2.20. The first-order chi connectivity index (χ1) is 7.04. The molecule has 0 bridgehead atoms. The lowest BCUT2D eigenvalue weighted by atomic mass is 9.93. The number of halogens is 1. The van der Waals surface area contributed by atoms with E-state index in [1.54, 1.807) is 0 Å². The maximum absolute atomic E-state index is 11.5. The molecule has 1 atom stereocenters. The zero-order valence-electron chi connectivity index (χ0n) is 9.51. The van der Waals surface area contributed by atoms with Crippen LogP contribution in [0.5, 0.6) is 0 Å². The maximum atomic E-state index is 11.5. The third-order valence-corrected chi connectivity index (χ3v) is 2.96. The van der Waals surface area contributed by atoms with E-state index < -0.39 is 0 Å². The molecule has 0 aliphatic rings. The minimum atomic E-state index is 0.106. The Morgan fingerprint density at radius 1 is 1.47 bits per heavy atom. The van der Waals surface area contributed by atoms with Crippen LogP contribution in [0.4, 0.5) is 0 Å². The first-order valence-corrected chi connectivity index (χ1v) is 5.70. The molecule has 0 N–H and O–H groups in total. The van der Waals surface area contributed by atoms with Gasteiger partial charge in [-0.2, -0.15) is 0 Å². The van der Waals surface area contributed by atoms with Crippen molar-refractivity contribution >= 4 is 17.4 Å². The molecule has 82 valence electrons. The SMILES string of the molecule is CCC(=O)C(C)Cc1ccc(Cl)cc1C. The molecule has 0 radical (unpaired) electrons. The van der Waals surface area contributed by atoms with Gasteiger partial charge in [0.2, 0.25) is 0 Å². The molecule has 0 aliphatic heterocycles. The highest BCUT2D eigenvalue weighted by Crippen LogP contribution is 2.19. The summed E-state index contributed by atoms with van der Waals surface area (Å²) in [4.78, 5) is 11.5. The summed E-state index contributed by atoms with van der Waals surface area (Å²) in [5.74, 6) is 0.430. The predicted molar refractivity (Wildman–Crippen MR) is 64.4 cm³/mol. The number of rotatable bonds is 4. The van der Waals surface area contributed by atoms with Gasteiger partial charge in [-0.1, -0.05) is 31.5 Å². The highest BCUT2D eigenvalue weighted by atomic mass is 35.5. The van der Waals surface area contributed by atoms with Gasteiger partial charge in [-0.05, 0) is 36.6 Å². The first kappa shape index (κ1) is 12.3. The molecule has 0 saturated carbocycles. The van der Waals surface area contributed by atoms with Crippen molar-refractivity contribution in [3.8, 4) is 0 Å². The Bertz CT molecular complexity index is 358. The molecular weight excluding hydrogens is 208 g/mol. The topological polar surface area (TPSA) is 17.1 Å². The number of aryl methyl sites for hydroxylation is 1. The van der Waals surface area contributed by atoms with Crippen molar-refractivity contribution < 1.29 is 4.79 Å². The summed E-state index contributed by atoms with van der Waals surface area (Å²) in [7, 11) is 0. The monoisotopic (exact) mass is 224 g/mol. The van der Waals surface area contributed by atoms with Gasteiger partial charge in [-0.15, -0.1) is 0 Å². The molecule has 1 nitrogen and oxygen atoms in total. The van der Waals surface area contributed by atoms with E-state index in [-0.39, 0.29) is 5.92 Å². The van der Waals surface area contributed by atoms with Gasteiger partial charge in [-0.3, -0.25) is 4.79 Å². The van der Waals surface area contributed by atoms with Gasteiger partial charge in [-0.25, -0.2) is 0 Å². The van der Waals surface area contributed by atoms with Crippen LogP contribution in [0, 0.1) is 12.8 Å². The fraction of sp³-hybridized carbons (Fsp3) is 0.462. The van der Waals surface area contributed by atoms with Crippen LogP contribution in [0.2, 0.25) is 5.02 Å². The third kappa shape index (κ3) is 3.35. The lowest BCUT2D eigenvalue weighted by molar-refractivity contribution is -0.122. The van der Waals surface area contributed by atoms with Crippen LogP contribution in [0.15, 0.2) is 18.2 Å². The van der Waals surface area contributed by atoms with Crippen LogP contribution in [0.1, 0.15) is 31.4 Å². The van der Waals surface area contributed by atoms with Gasteiger partial charge in [0.25, 0.3) is 0 Å². The van der Waals surface area contributed by atoms with E-state index in [1.165, 1.54) is 11.1 Å². The summed E-state index contributed by atoms with van der Waals surface area (Å²) in [5.41, 5.74) is 2.38. The van der Waals surface area contributed by atoms with Gasteiger partial charge < -0.3 is 0 Å². The largest absolute Gasteiger partial charge is 0.299 e. The van der Waals surface area contributed by atoms with Gasteiger partial charge in [0.05, 0.1) is 0 Å². The second-order valence-corrected chi connectivity index (χ2v) is 4.43. The molecule has 15 heavy (non-hydrogen) atoms. The van der Waals surface area contributed by atoms with Gasteiger partial charge in [0, 0.05) is 17.4 Å². The number of hydrogen-bond acceptors (Lipinski definition) is 1. The Labute approximate surface area is 96.5 Å². The van der Waals surface area contributed by atoms with Crippen molar-refractivity contribution in [2.75, 3.05) is 0 Å². The summed E-state index contributed by atoms with van der Waals surface area (Å²) >= 11 is 5.88.